The molecular weight excluding hydrogens is 315 g/mol. The quantitative estimate of drug-likeness (QED) is 0.870. The number of rotatable bonds is 6. The molecule has 4 rings (SSSR count). The number of hydrogen-bond acceptors (Lipinski definition) is 4. The number of allylic oxidation sites excluding steroid dienone is 1. The predicted octanol–water partition coefficient (Wildman–Crippen LogP) is 3.72. The molecule has 25 heavy (non-hydrogen) atoms. The molecule has 2 aliphatic rings. The first-order chi connectivity index (χ1) is 12.2. The second-order valence-corrected chi connectivity index (χ2v) is 7.24. The third-order valence-electron chi connectivity index (χ3n) is 5.21. The molecule has 0 aromatic carbocycles. The lowest BCUT2D eigenvalue weighted by atomic mass is 10.2. The standard InChI is InChI=1S/C20H25FN4/c1-2-3-4-15-5-6-18-17(22-15)7-8-19(23-18)25-12-9-16(13-25)24-20(14-21)10-11-20/h3-8,16,24H,2,9-14H2,1H3/b4-3+. The van der Waals surface area contributed by atoms with Crippen molar-refractivity contribution in [3.05, 3.63) is 36.0 Å². The lowest BCUT2D eigenvalue weighted by molar-refractivity contribution is 0.332. The molecule has 0 spiro atoms. The average Bonchev–Trinajstić information content (AvgIpc) is 3.27. The van der Waals surface area contributed by atoms with Crippen molar-refractivity contribution in [3.63, 3.8) is 0 Å². The number of nitrogens with one attached hydrogen (secondary N) is 1. The zero-order valence-corrected chi connectivity index (χ0v) is 14.7. The Kier molecular flexibility index (Phi) is 4.42. The summed E-state index contributed by atoms with van der Waals surface area (Å²) in [7, 11) is 0. The zero-order chi connectivity index (χ0) is 17.3. The van der Waals surface area contributed by atoms with E-state index in [4.69, 9.17) is 4.98 Å². The van der Waals surface area contributed by atoms with Gasteiger partial charge in [-0.1, -0.05) is 13.0 Å². The van der Waals surface area contributed by atoms with E-state index in [1.54, 1.807) is 0 Å². The average molecular weight is 340 g/mol. The van der Waals surface area contributed by atoms with Crippen LogP contribution in [-0.2, 0) is 0 Å². The van der Waals surface area contributed by atoms with E-state index in [1.807, 2.05) is 30.3 Å². The van der Waals surface area contributed by atoms with Crippen LogP contribution in [-0.4, -0.2) is 41.3 Å². The minimum Gasteiger partial charge on any atom is -0.355 e. The van der Waals surface area contributed by atoms with Crippen LogP contribution in [0.2, 0.25) is 0 Å². The van der Waals surface area contributed by atoms with Gasteiger partial charge in [0.1, 0.15) is 12.5 Å². The highest BCUT2D eigenvalue weighted by Gasteiger charge is 2.45. The molecular formula is C20H25FN4. The van der Waals surface area contributed by atoms with Crippen molar-refractivity contribution in [2.24, 2.45) is 0 Å². The Morgan fingerprint density at radius 1 is 1.24 bits per heavy atom. The number of hydrogen-bond donors (Lipinski definition) is 1. The van der Waals surface area contributed by atoms with E-state index in [0.717, 1.165) is 61.3 Å². The highest BCUT2D eigenvalue weighted by molar-refractivity contribution is 5.77. The predicted molar refractivity (Wildman–Crippen MR) is 101 cm³/mol. The Morgan fingerprint density at radius 2 is 2.04 bits per heavy atom. The summed E-state index contributed by atoms with van der Waals surface area (Å²) >= 11 is 0. The van der Waals surface area contributed by atoms with Gasteiger partial charge in [0.15, 0.2) is 0 Å². The Hall–Kier alpha value is -2.01. The number of aromatic nitrogens is 2. The van der Waals surface area contributed by atoms with Gasteiger partial charge in [-0.25, -0.2) is 14.4 Å². The molecule has 1 aliphatic carbocycles. The fourth-order valence-electron chi connectivity index (χ4n) is 3.51. The normalized spacial score (nSPS) is 22.2. The highest BCUT2D eigenvalue weighted by Crippen LogP contribution is 2.37. The summed E-state index contributed by atoms with van der Waals surface area (Å²) in [5, 5.41) is 3.52. The van der Waals surface area contributed by atoms with Crippen LogP contribution >= 0.6 is 0 Å². The third kappa shape index (κ3) is 3.52. The summed E-state index contributed by atoms with van der Waals surface area (Å²) in [5.74, 6) is 0.987. The maximum atomic E-state index is 13.1. The smallest absolute Gasteiger partial charge is 0.129 e. The Morgan fingerprint density at radius 3 is 2.80 bits per heavy atom. The van der Waals surface area contributed by atoms with E-state index in [9.17, 15) is 4.39 Å². The van der Waals surface area contributed by atoms with Gasteiger partial charge in [-0.2, -0.15) is 0 Å². The Labute approximate surface area is 148 Å². The van der Waals surface area contributed by atoms with Gasteiger partial charge in [0.05, 0.1) is 16.7 Å². The molecule has 1 aliphatic heterocycles. The van der Waals surface area contributed by atoms with Crippen LogP contribution in [0.4, 0.5) is 10.2 Å². The molecule has 132 valence electrons. The maximum absolute atomic E-state index is 13.1. The van der Waals surface area contributed by atoms with Gasteiger partial charge in [-0.15, -0.1) is 0 Å². The van der Waals surface area contributed by atoms with Crippen molar-refractivity contribution in [3.8, 4) is 0 Å². The largest absolute Gasteiger partial charge is 0.355 e. The van der Waals surface area contributed by atoms with Gasteiger partial charge < -0.3 is 10.2 Å². The van der Waals surface area contributed by atoms with E-state index >= 15 is 0 Å². The fraction of sp³-hybridized carbons (Fsp3) is 0.500. The van der Waals surface area contributed by atoms with E-state index in [-0.39, 0.29) is 12.2 Å². The number of anilines is 1. The molecule has 3 heterocycles. The monoisotopic (exact) mass is 340 g/mol. The molecule has 4 nitrogen and oxygen atoms in total. The maximum Gasteiger partial charge on any atom is 0.129 e. The molecule has 1 atom stereocenters. The summed E-state index contributed by atoms with van der Waals surface area (Å²) in [6.07, 6.45) is 8.13. The molecule has 5 heteroatoms. The first-order valence-corrected chi connectivity index (χ1v) is 9.24. The van der Waals surface area contributed by atoms with Crippen molar-refractivity contribution in [1.29, 1.82) is 0 Å². The summed E-state index contributed by atoms with van der Waals surface area (Å²) in [4.78, 5) is 11.7. The second-order valence-electron chi connectivity index (χ2n) is 7.24. The van der Waals surface area contributed by atoms with Crippen molar-refractivity contribution in [2.45, 2.75) is 44.2 Å². The van der Waals surface area contributed by atoms with Crippen LogP contribution in [0.15, 0.2) is 30.3 Å². The molecule has 2 aromatic heterocycles. The summed E-state index contributed by atoms with van der Waals surface area (Å²) in [6, 6.07) is 8.50. The number of pyridine rings is 2. The first-order valence-electron chi connectivity index (χ1n) is 9.24. The van der Waals surface area contributed by atoms with Crippen molar-refractivity contribution in [2.75, 3.05) is 24.7 Å². The van der Waals surface area contributed by atoms with Gasteiger partial charge >= 0.3 is 0 Å². The summed E-state index contributed by atoms with van der Waals surface area (Å²) < 4.78 is 13.1. The van der Waals surface area contributed by atoms with E-state index in [0.29, 0.717) is 6.04 Å². The number of nitrogens with zero attached hydrogens (tertiary/aromatic N) is 3. The molecule has 1 saturated carbocycles. The van der Waals surface area contributed by atoms with Gasteiger partial charge in [-0.05, 0) is 56.0 Å². The molecule has 1 unspecified atom stereocenters. The molecule has 2 fully saturated rings. The molecule has 1 N–H and O–H groups in total. The minimum absolute atomic E-state index is 0.218. The molecule has 0 radical (unpaired) electrons. The SMILES string of the molecule is CC/C=C/c1ccc2nc(N3CCC(NC4(CF)CC4)C3)ccc2n1. The second kappa shape index (κ2) is 6.71. The van der Waals surface area contributed by atoms with Crippen LogP contribution in [0, 0.1) is 0 Å². The van der Waals surface area contributed by atoms with Gasteiger partial charge in [0, 0.05) is 24.7 Å². The summed E-state index contributed by atoms with van der Waals surface area (Å²) in [5.41, 5.74) is 2.59. The molecule has 0 amide bonds. The first kappa shape index (κ1) is 16.5. The van der Waals surface area contributed by atoms with Gasteiger partial charge in [-0.3, -0.25) is 0 Å². The number of alkyl halides is 1. The highest BCUT2D eigenvalue weighted by atomic mass is 19.1. The van der Waals surface area contributed by atoms with E-state index in [2.05, 4.69) is 28.2 Å². The van der Waals surface area contributed by atoms with Crippen LogP contribution in [0.3, 0.4) is 0 Å². The number of fused-ring (bicyclic) bond motifs is 1. The molecule has 2 aromatic rings. The van der Waals surface area contributed by atoms with Gasteiger partial charge in [0.2, 0.25) is 0 Å². The third-order valence-corrected chi connectivity index (χ3v) is 5.21. The Bertz CT molecular complexity index is 784. The lowest BCUT2D eigenvalue weighted by Gasteiger charge is -2.21. The fourth-order valence-corrected chi connectivity index (χ4v) is 3.51. The summed E-state index contributed by atoms with van der Waals surface area (Å²) in [6.45, 7) is 3.72. The lowest BCUT2D eigenvalue weighted by Crippen LogP contribution is -2.43. The Balaban J connectivity index is 1.47. The van der Waals surface area contributed by atoms with E-state index in [1.165, 1.54) is 0 Å². The van der Waals surface area contributed by atoms with Crippen LogP contribution in [0.5, 0.6) is 0 Å². The van der Waals surface area contributed by atoms with Crippen LogP contribution in [0.1, 0.15) is 38.3 Å². The van der Waals surface area contributed by atoms with E-state index < -0.39 is 0 Å². The zero-order valence-electron chi connectivity index (χ0n) is 14.7. The number of halogens is 1. The topological polar surface area (TPSA) is 41.1 Å². The van der Waals surface area contributed by atoms with Crippen LogP contribution < -0.4 is 10.2 Å². The molecule has 1 saturated heterocycles. The van der Waals surface area contributed by atoms with Gasteiger partial charge in [0.25, 0.3) is 0 Å². The van der Waals surface area contributed by atoms with Crippen molar-refractivity contribution >= 4 is 22.9 Å². The molecule has 0 bridgehead atoms. The van der Waals surface area contributed by atoms with Crippen molar-refractivity contribution in [1.82, 2.24) is 15.3 Å². The van der Waals surface area contributed by atoms with Crippen molar-refractivity contribution < 1.29 is 4.39 Å². The minimum atomic E-state index is -0.252. The van der Waals surface area contributed by atoms with Crippen LogP contribution in [0.25, 0.3) is 17.1 Å².